The summed E-state index contributed by atoms with van der Waals surface area (Å²) >= 11 is 0. The SMILES string of the molecule is CCCCCCCC/C=C\CCCCCCCC(=O)N[C@@H](CCS(C)=O)C(=O)O. The van der Waals surface area contributed by atoms with E-state index < -0.39 is 22.8 Å². The van der Waals surface area contributed by atoms with E-state index in [0.717, 1.165) is 25.7 Å². The van der Waals surface area contributed by atoms with Crippen LogP contribution in [0.1, 0.15) is 103 Å². The van der Waals surface area contributed by atoms with E-state index >= 15 is 0 Å². The Bertz CT molecular complexity index is 479. The van der Waals surface area contributed by atoms with Crippen LogP contribution in [-0.2, 0) is 20.4 Å². The molecule has 0 saturated carbocycles. The zero-order valence-electron chi connectivity index (χ0n) is 18.6. The Morgan fingerprint density at radius 2 is 1.41 bits per heavy atom. The van der Waals surface area contributed by atoms with Crippen molar-refractivity contribution < 1.29 is 18.9 Å². The minimum Gasteiger partial charge on any atom is -0.480 e. The lowest BCUT2D eigenvalue weighted by Crippen LogP contribution is -2.41. The van der Waals surface area contributed by atoms with E-state index in [1.165, 1.54) is 64.0 Å². The van der Waals surface area contributed by atoms with Crippen LogP contribution in [0.3, 0.4) is 0 Å². The molecule has 1 amide bonds. The van der Waals surface area contributed by atoms with Crippen molar-refractivity contribution in [3.63, 3.8) is 0 Å². The third kappa shape index (κ3) is 19.9. The molecule has 0 heterocycles. The van der Waals surface area contributed by atoms with Gasteiger partial charge in [0.2, 0.25) is 5.91 Å². The molecule has 6 heteroatoms. The van der Waals surface area contributed by atoms with E-state index in [-0.39, 0.29) is 18.1 Å². The second-order valence-electron chi connectivity index (χ2n) is 7.86. The highest BCUT2D eigenvalue weighted by atomic mass is 32.2. The fraction of sp³-hybridized carbons (Fsp3) is 0.826. The minimum atomic E-state index is -1.06. The average Bonchev–Trinajstić information content (AvgIpc) is 2.67. The number of amides is 1. The molecule has 0 aromatic carbocycles. The summed E-state index contributed by atoms with van der Waals surface area (Å²) in [7, 11) is -1.05. The van der Waals surface area contributed by atoms with E-state index in [1.807, 2.05) is 0 Å². The number of hydrogen-bond acceptors (Lipinski definition) is 3. The molecule has 2 atom stereocenters. The van der Waals surface area contributed by atoms with E-state index in [2.05, 4.69) is 24.4 Å². The van der Waals surface area contributed by atoms with Gasteiger partial charge in [-0.15, -0.1) is 0 Å². The predicted molar refractivity (Wildman–Crippen MR) is 123 cm³/mol. The van der Waals surface area contributed by atoms with Crippen LogP contribution in [-0.4, -0.2) is 39.2 Å². The summed E-state index contributed by atoms with van der Waals surface area (Å²) in [5.41, 5.74) is 0. The van der Waals surface area contributed by atoms with Gasteiger partial charge in [-0.3, -0.25) is 9.00 Å². The number of carboxylic acid groups (broad SMARTS) is 1. The molecular weight excluding hydrogens is 386 g/mol. The van der Waals surface area contributed by atoms with Gasteiger partial charge in [-0.1, -0.05) is 70.4 Å². The van der Waals surface area contributed by atoms with Gasteiger partial charge in [-0.25, -0.2) is 4.79 Å². The molecule has 0 spiro atoms. The fourth-order valence-corrected chi connectivity index (χ4v) is 3.73. The van der Waals surface area contributed by atoms with Gasteiger partial charge < -0.3 is 10.4 Å². The molecule has 0 rings (SSSR count). The first-order chi connectivity index (χ1) is 14.0. The number of allylic oxidation sites excluding steroid dienone is 2. The summed E-state index contributed by atoms with van der Waals surface area (Å²) in [6.45, 7) is 2.25. The Hall–Kier alpha value is -1.17. The number of carbonyl (C=O) groups excluding carboxylic acids is 1. The third-order valence-corrected chi connectivity index (χ3v) is 5.80. The van der Waals surface area contributed by atoms with Crippen LogP contribution >= 0.6 is 0 Å². The molecule has 0 aliphatic rings. The highest BCUT2D eigenvalue weighted by Crippen LogP contribution is 2.10. The Morgan fingerprint density at radius 3 is 1.93 bits per heavy atom. The number of carbonyl (C=O) groups is 2. The summed E-state index contributed by atoms with van der Waals surface area (Å²) in [5, 5.41) is 11.7. The van der Waals surface area contributed by atoms with Crippen LogP contribution in [0.15, 0.2) is 12.2 Å². The lowest BCUT2D eigenvalue weighted by molar-refractivity contribution is -0.141. The largest absolute Gasteiger partial charge is 0.480 e. The fourth-order valence-electron chi connectivity index (χ4n) is 3.16. The van der Waals surface area contributed by atoms with Crippen molar-refractivity contribution in [2.24, 2.45) is 0 Å². The van der Waals surface area contributed by atoms with Gasteiger partial charge in [0, 0.05) is 29.2 Å². The van der Waals surface area contributed by atoms with Crippen LogP contribution < -0.4 is 5.32 Å². The number of aliphatic carboxylic acids is 1. The number of rotatable bonds is 20. The maximum absolute atomic E-state index is 11.9. The lowest BCUT2D eigenvalue weighted by atomic mass is 10.1. The standard InChI is InChI=1S/C23H43NO4S/c1-3-4-5-6-7-8-9-10-11-12-13-14-15-16-17-18-22(25)24-21(23(26)27)19-20-29(2)28/h10-11,21H,3-9,12-20H2,1-2H3,(H,24,25)(H,26,27)/b11-10-/t21-,29?/m0/s1. The van der Waals surface area contributed by atoms with Crippen LogP contribution in [0.2, 0.25) is 0 Å². The van der Waals surface area contributed by atoms with Crippen LogP contribution in [0.4, 0.5) is 0 Å². The molecule has 2 N–H and O–H groups in total. The zero-order valence-corrected chi connectivity index (χ0v) is 19.4. The summed E-state index contributed by atoms with van der Waals surface area (Å²) < 4.78 is 11.1. The molecule has 0 fully saturated rings. The highest BCUT2D eigenvalue weighted by Gasteiger charge is 2.19. The van der Waals surface area contributed by atoms with E-state index in [0.29, 0.717) is 6.42 Å². The van der Waals surface area contributed by atoms with Gasteiger partial charge in [0.05, 0.1) is 0 Å². The van der Waals surface area contributed by atoms with Crippen molar-refractivity contribution in [1.29, 1.82) is 0 Å². The quantitative estimate of drug-likeness (QED) is 0.201. The molecule has 0 aromatic rings. The van der Waals surface area contributed by atoms with Crippen molar-refractivity contribution in [3.05, 3.63) is 12.2 Å². The lowest BCUT2D eigenvalue weighted by Gasteiger charge is -2.13. The topological polar surface area (TPSA) is 83.5 Å². The monoisotopic (exact) mass is 429 g/mol. The second kappa shape index (κ2) is 20.1. The number of unbranched alkanes of at least 4 members (excludes halogenated alkanes) is 11. The Labute approximate surface area is 180 Å². The molecule has 170 valence electrons. The number of hydrogen-bond donors (Lipinski definition) is 2. The Kier molecular flexibility index (Phi) is 19.3. The third-order valence-electron chi connectivity index (χ3n) is 4.99. The van der Waals surface area contributed by atoms with Crippen LogP contribution in [0.25, 0.3) is 0 Å². The van der Waals surface area contributed by atoms with Crippen molar-refractivity contribution in [1.82, 2.24) is 5.32 Å². The van der Waals surface area contributed by atoms with Crippen molar-refractivity contribution in [3.8, 4) is 0 Å². The van der Waals surface area contributed by atoms with Crippen molar-refractivity contribution in [2.75, 3.05) is 12.0 Å². The average molecular weight is 430 g/mol. The molecule has 0 bridgehead atoms. The smallest absolute Gasteiger partial charge is 0.326 e. The molecule has 29 heavy (non-hydrogen) atoms. The normalized spacial score (nSPS) is 13.4. The summed E-state index contributed by atoms with van der Waals surface area (Å²) in [5.74, 6) is -1.00. The maximum atomic E-state index is 11.9. The molecule has 5 nitrogen and oxygen atoms in total. The van der Waals surface area contributed by atoms with Crippen LogP contribution in [0, 0.1) is 0 Å². The van der Waals surface area contributed by atoms with Gasteiger partial charge in [0.25, 0.3) is 0 Å². The van der Waals surface area contributed by atoms with Gasteiger partial charge in [-0.2, -0.15) is 0 Å². The molecule has 0 aliphatic heterocycles. The van der Waals surface area contributed by atoms with E-state index in [4.69, 9.17) is 5.11 Å². The van der Waals surface area contributed by atoms with Crippen molar-refractivity contribution in [2.45, 2.75) is 109 Å². The number of nitrogens with one attached hydrogen (secondary N) is 1. The first kappa shape index (κ1) is 27.8. The maximum Gasteiger partial charge on any atom is 0.326 e. The Balaban J connectivity index is 3.54. The molecule has 0 aliphatic carbocycles. The molecule has 1 unspecified atom stereocenters. The molecular formula is C23H43NO4S. The van der Waals surface area contributed by atoms with Gasteiger partial charge in [0.1, 0.15) is 6.04 Å². The van der Waals surface area contributed by atoms with E-state index in [1.54, 1.807) is 0 Å². The summed E-state index contributed by atoms with van der Waals surface area (Å²) in [6.07, 6.45) is 22.4. The first-order valence-electron chi connectivity index (χ1n) is 11.4. The van der Waals surface area contributed by atoms with Crippen LogP contribution in [0.5, 0.6) is 0 Å². The summed E-state index contributed by atoms with van der Waals surface area (Å²) in [4.78, 5) is 23.0. The Morgan fingerprint density at radius 1 is 0.897 bits per heavy atom. The number of carboxylic acids is 1. The zero-order chi connectivity index (χ0) is 21.7. The first-order valence-corrected chi connectivity index (χ1v) is 13.2. The molecule has 0 radical (unpaired) electrons. The van der Waals surface area contributed by atoms with Gasteiger partial charge >= 0.3 is 5.97 Å². The minimum absolute atomic E-state index is 0.205. The summed E-state index contributed by atoms with van der Waals surface area (Å²) in [6, 6.07) is -0.936. The molecule has 0 aromatic heterocycles. The highest BCUT2D eigenvalue weighted by molar-refractivity contribution is 7.84. The molecule has 0 saturated heterocycles. The van der Waals surface area contributed by atoms with Crippen molar-refractivity contribution >= 4 is 22.7 Å². The second-order valence-corrected chi connectivity index (χ2v) is 9.41. The van der Waals surface area contributed by atoms with Gasteiger partial charge in [-0.05, 0) is 38.5 Å². The van der Waals surface area contributed by atoms with Gasteiger partial charge in [0.15, 0.2) is 0 Å². The predicted octanol–water partition coefficient (Wildman–Crippen LogP) is 5.36. The van der Waals surface area contributed by atoms with E-state index in [9.17, 15) is 13.8 Å².